The van der Waals surface area contributed by atoms with Gasteiger partial charge in [0.15, 0.2) is 5.65 Å². The van der Waals surface area contributed by atoms with E-state index >= 15 is 0 Å². The van der Waals surface area contributed by atoms with E-state index in [1.165, 1.54) is 38.4 Å². The molecule has 1 aromatic carbocycles. The van der Waals surface area contributed by atoms with Gasteiger partial charge < -0.3 is 5.32 Å². The summed E-state index contributed by atoms with van der Waals surface area (Å²) in [6.45, 7) is 0. The van der Waals surface area contributed by atoms with Crippen LogP contribution in [0, 0.1) is 15.9 Å². The highest BCUT2D eigenvalue weighted by atomic mass is 19.1. The Hall–Kier alpha value is -3.56. The predicted molar refractivity (Wildman–Crippen MR) is 88.6 cm³/mol. The van der Waals surface area contributed by atoms with Crippen LogP contribution in [-0.2, 0) is 14.1 Å². The zero-order valence-electron chi connectivity index (χ0n) is 13.2. The molecule has 0 bridgehead atoms. The number of pyridine rings is 1. The van der Waals surface area contributed by atoms with Gasteiger partial charge in [0, 0.05) is 25.8 Å². The van der Waals surface area contributed by atoms with Gasteiger partial charge in [-0.2, -0.15) is 0 Å². The van der Waals surface area contributed by atoms with E-state index in [0.29, 0.717) is 5.69 Å². The molecule has 0 spiro atoms. The third-order valence-corrected chi connectivity index (χ3v) is 3.71. The van der Waals surface area contributed by atoms with Gasteiger partial charge in [-0.1, -0.05) is 0 Å². The molecular weight excluding hydrogens is 333 g/mol. The highest BCUT2D eigenvalue weighted by Crippen LogP contribution is 2.28. The first-order chi connectivity index (χ1) is 11.8. The molecule has 0 saturated carbocycles. The molecule has 2 heterocycles. The summed E-state index contributed by atoms with van der Waals surface area (Å²) in [4.78, 5) is 39.0. The quantitative estimate of drug-likeness (QED) is 0.567. The normalized spacial score (nSPS) is 10.8. The van der Waals surface area contributed by atoms with Crippen LogP contribution in [-0.4, -0.2) is 19.0 Å². The van der Waals surface area contributed by atoms with Gasteiger partial charge in [0.2, 0.25) is 5.82 Å². The molecule has 0 aliphatic rings. The van der Waals surface area contributed by atoms with Crippen molar-refractivity contribution in [3.63, 3.8) is 0 Å². The van der Waals surface area contributed by atoms with Crippen LogP contribution in [0.25, 0.3) is 11.0 Å². The molecule has 0 radical (unpaired) electrons. The smallest absolute Gasteiger partial charge is 0.332 e. The maximum absolute atomic E-state index is 13.0. The molecule has 0 atom stereocenters. The van der Waals surface area contributed by atoms with Gasteiger partial charge in [-0.15, -0.1) is 0 Å². The van der Waals surface area contributed by atoms with Crippen LogP contribution < -0.4 is 16.6 Å². The van der Waals surface area contributed by atoms with Gasteiger partial charge in [-0.3, -0.25) is 24.0 Å². The Morgan fingerprint density at radius 3 is 2.40 bits per heavy atom. The van der Waals surface area contributed by atoms with Crippen LogP contribution in [0.1, 0.15) is 0 Å². The summed E-state index contributed by atoms with van der Waals surface area (Å²) >= 11 is 0. The highest BCUT2D eigenvalue weighted by Gasteiger charge is 2.21. The molecule has 2 aromatic heterocycles. The molecule has 0 aliphatic heterocycles. The lowest BCUT2D eigenvalue weighted by atomic mass is 10.2. The fourth-order valence-corrected chi connectivity index (χ4v) is 2.39. The van der Waals surface area contributed by atoms with E-state index in [-0.39, 0.29) is 16.9 Å². The Bertz CT molecular complexity index is 1120. The van der Waals surface area contributed by atoms with Gasteiger partial charge in [-0.05, 0) is 24.3 Å². The minimum absolute atomic E-state index is 0.00307. The van der Waals surface area contributed by atoms with Crippen LogP contribution in [0.5, 0.6) is 0 Å². The molecule has 3 aromatic rings. The number of aromatic nitrogens is 3. The minimum atomic E-state index is -0.692. The number of fused-ring (bicyclic) bond motifs is 1. The van der Waals surface area contributed by atoms with Crippen molar-refractivity contribution in [1.82, 2.24) is 14.1 Å². The number of rotatable bonds is 3. The van der Waals surface area contributed by atoms with Crippen molar-refractivity contribution in [2.75, 3.05) is 5.32 Å². The molecule has 0 aliphatic carbocycles. The van der Waals surface area contributed by atoms with Gasteiger partial charge in [0.25, 0.3) is 5.56 Å². The number of aryl methyl sites for hydroxylation is 1. The molecule has 0 fully saturated rings. The van der Waals surface area contributed by atoms with Crippen molar-refractivity contribution in [2.24, 2.45) is 14.1 Å². The van der Waals surface area contributed by atoms with Crippen molar-refractivity contribution >= 4 is 28.2 Å². The summed E-state index contributed by atoms with van der Waals surface area (Å²) in [6, 6.07) is 6.19. The van der Waals surface area contributed by atoms with Crippen LogP contribution in [0.15, 0.2) is 39.9 Å². The zero-order valence-corrected chi connectivity index (χ0v) is 13.2. The first kappa shape index (κ1) is 16.3. The fraction of sp³-hybridized carbons (Fsp3) is 0.133. The minimum Gasteiger partial charge on any atom is -0.334 e. The highest BCUT2D eigenvalue weighted by molar-refractivity contribution is 5.82. The topological polar surface area (TPSA) is 112 Å². The number of nitrogens with zero attached hydrogens (tertiary/aromatic N) is 4. The monoisotopic (exact) mass is 345 g/mol. The third kappa shape index (κ3) is 2.73. The summed E-state index contributed by atoms with van der Waals surface area (Å²) in [5.41, 5.74) is -1.35. The molecule has 9 nitrogen and oxygen atoms in total. The lowest BCUT2D eigenvalue weighted by molar-refractivity contribution is -0.384. The molecule has 0 unspecified atom stereocenters. The van der Waals surface area contributed by atoms with E-state index in [1.807, 2.05) is 0 Å². The zero-order chi connectivity index (χ0) is 18.3. The van der Waals surface area contributed by atoms with Crippen molar-refractivity contribution < 1.29 is 9.31 Å². The summed E-state index contributed by atoms with van der Waals surface area (Å²) in [5.74, 6) is -0.621. The Balaban J connectivity index is 2.29. The summed E-state index contributed by atoms with van der Waals surface area (Å²) in [7, 11) is 2.69. The molecule has 128 valence electrons. The Kier molecular flexibility index (Phi) is 3.79. The van der Waals surface area contributed by atoms with Gasteiger partial charge >= 0.3 is 11.4 Å². The number of hydrogen-bond acceptors (Lipinski definition) is 6. The van der Waals surface area contributed by atoms with E-state index in [0.717, 1.165) is 15.2 Å². The van der Waals surface area contributed by atoms with Crippen LogP contribution in [0.3, 0.4) is 0 Å². The molecule has 0 amide bonds. The van der Waals surface area contributed by atoms with E-state index in [1.54, 1.807) is 0 Å². The molecule has 25 heavy (non-hydrogen) atoms. The third-order valence-electron chi connectivity index (χ3n) is 3.71. The van der Waals surface area contributed by atoms with Gasteiger partial charge in [-0.25, -0.2) is 14.2 Å². The number of anilines is 2. The first-order valence-electron chi connectivity index (χ1n) is 7.07. The molecular formula is C15H12FN5O4. The van der Waals surface area contributed by atoms with Gasteiger partial charge in [0.05, 0.1) is 10.3 Å². The molecule has 0 saturated heterocycles. The molecule has 3 rings (SSSR count). The SMILES string of the molecule is Cn1c(=O)c2cc([N+](=O)[O-])c(Nc3ccc(F)cc3)nc2n(C)c1=O. The molecule has 10 heteroatoms. The van der Waals surface area contributed by atoms with Crippen LogP contribution in [0.2, 0.25) is 0 Å². The van der Waals surface area contributed by atoms with Crippen molar-refractivity contribution in [2.45, 2.75) is 0 Å². The number of nitrogens with one attached hydrogen (secondary N) is 1. The number of benzene rings is 1. The lowest BCUT2D eigenvalue weighted by Gasteiger charge is -2.10. The average molecular weight is 345 g/mol. The second-order valence-electron chi connectivity index (χ2n) is 5.32. The Morgan fingerprint density at radius 2 is 1.80 bits per heavy atom. The summed E-state index contributed by atoms with van der Waals surface area (Å²) < 4.78 is 15.0. The first-order valence-corrected chi connectivity index (χ1v) is 7.07. The van der Waals surface area contributed by atoms with Crippen molar-refractivity contribution in [3.05, 3.63) is 67.1 Å². The number of hydrogen-bond donors (Lipinski definition) is 1. The summed E-state index contributed by atoms with van der Waals surface area (Å²) in [5, 5.41) is 14.0. The van der Waals surface area contributed by atoms with Crippen LogP contribution >= 0.6 is 0 Å². The van der Waals surface area contributed by atoms with Crippen molar-refractivity contribution in [1.29, 1.82) is 0 Å². The van der Waals surface area contributed by atoms with Gasteiger partial charge in [0.1, 0.15) is 5.82 Å². The van der Waals surface area contributed by atoms with E-state index in [9.17, 15) is 24.1 Å². The lowest BCUT2D eigenvalue weighted by Crippen LogP contribution is -2.37. The average Bonchev–Trinajstić information content (AvgIpc) is 2.59. The predicted octanol–water partition coefficient (Wildman–Crippen LogP) is 1.42. The van der Waals surface area contributed by atoms with Crippen LogP contribution in [0.4, 0.5) is 21.6 Å². The summed E-state index contributed by atoms with van der Waals surface area (Å²) in [6.07, 6.45) is 0. The van der Waals surface area contributed by atoms with E-state index < -0.39 is 27.7 Å². The second kappa shape index (κ2) is 5.82. The largest absolute Gasteiger partial charge is 0.334 e. The number of halogens is 1. The fourth-order valence-electron chi connectivity index (χ4n) is 2.39. The maximum Gasteiger partial charge on any atom is 0.332 e. The second-order valence-corrected chi connectivity index (χ2v) is 5.32. The Morgan fingerprint density at radius 1 is 1.16 bits per heavy atom. The van der Waals surface area contributed by atoms with E-state index in [4.69, 9.17) is 0 Å². The Labute approximate surface area is 139 Å². The number of nitro groups is 1. The molecule has 1 N–H and O–H groups in total. The van der Waals surface area contributed by atoms with Crippen molar-refractivity contribution in [3.8, 4) is 0 Å². The standard InChI is InChI=1S/C15H12FN5O4/c1-19-13-10(14(22)20(2)15(19)23)7-11(21(24)25)12(18-13)17-9-5-3-8(16)4-6-9/h3-7H,1-2H3,(H,17,18). The maximum atomic E-state index is 13.0. The van der Waals surface area contributed by atoms with E-state index in [2.05, 4.69) is 10.3 Å².